The molecule has 92 valence electrons. The predicted octanol–water partition coefficient (Wildman–Crippen LogP) is 5.46. The highest BCUT2D eigenvalue weighted by Gasteiger charge is 2.09. The van der Waals surface area contributed by atoms with Gasteiger partial charge < -0.3 is 0 Å². The highest BCUT2D eigenvalue weighted by Crippen LogP contribution is 2.33. The zero-order valence-electron chi connectivity index (χ0n) is 10.7. The fourth-order valence-corrected chi connectivity index (χ4v) is 3.81. The van der Waals surface area contributed by atoms with Crippen molar-refractivity contribution in [3.63, 3.8) is 0 Å². The van der Waals surface area contributed by atoms with Gasteiger partial charge in [0, 0.05) is 15.7 Å². The molecule has 0 unspecified atom stereocenters. The molecular weight excluding hydrogens is 258 g/mol. The van der Waals surface area contributed by atoms with Gasteiger partial charge in [0.2, 0.25) is 0 Å². The lowest BCUT2D eigenvalue weighted by Crippen LogP contribution is -1.82. The molecule has 1 aromatic carbocycles. The average molecular weight is 273 g/mol. The van der Waals surface area contributed by atoms with Gasteiger partial charge in [-0.05, 0) is 36.8 Å². The number of aryl methyl sites for hydroxylation is 1. The summed E-state index contributed by atoms with van der Waals surface area (Å²) in [5.74, 6) is 0.509. The molecule has 3 rings (SSSR count). The van der Waals surface area contributed by atoms with Crippen LogP contribution >= 0.6 is 22.7 Å². The molecular formula is C15H15NS2. The van der Waals surface area contributed by atoms with E-state index in [0.29, 0.717) is 5.92 Å². The first kappa shape index (κ1) is 11.9. The van der Waals surface area contributed by atoms with Gasteiger partial charge in [-0.25, -0.2) is 4.98 Å². The van der Waals surface area contributed by atoms with Gasteiger partial charge in [-0.2, -0.15) is 0 Å². The molecule has 3 heteroatoms. The minimum Gasteiger partial charge on any atom is -0.241 e. The summed E-state index contributed by atoms with van der Waals surface area (Å²) in [5.41, 5.74) is 2.43. The molecule has 0 radical (unpaired) electrons. The lowest BCUT2D eigenvalue weighted by Gasteiger charge is -1.96. The number of nitrogens with zero attached hydrogens (tertiary/aromatic N) is 1. The van der Waals surface area contributed by atoms with Crippen molar-refractivity contribution >= 4 is 32.9 Å². The summed E-state index contributed by atoms with van der Waals surface area (Å²) in [7, 11) is 0. The van der Waals surface area contributed by atoms with Crippen molar-refractivity contribution in [3.8, 4) is 10.4 Å². The fraction of sp³-hybridized carbons (Fsp3) is 0.267. The third-order valence-corrected chi connectivity index (χ3v) is 5.29. The van der Waals surface area contributed by atoms with E-state index in [1.54, 1.807) is 0 Å². The van der Waals surface area contributed by atoms with E-state index in [0.717, 1.165) is 5.52 Å². The van der Waals surface area contributed by atoms with E-state index < -0.39 is 0 Å². The number of hydrogen-bond donors (Lipinski definition) is 0. The Morgan fingerprint density at radius 3 is 2.56 bits per heavy atom. The molecule has 0 saturated heterocycles. The molecule has 0 atom stereocenters. The van der Waals surface area contributed by atoms with Crippen LogP contribution in [-0.4, -0.2) is 4.98 Å². The Hall–Kier alpha value is -1.19. The van der Waals surface area contributed by atoms with Crippen molar-refractivity contribution in [3.05, 3.63) is 40.2 Å². The Morgan fingerprint density at radius 1 is 1.06 bits per heavy atom. The Labute approximate surface area is 115 Å². The standard InChI is InChI=1S/C15H15NS2/c1-9(2)15-16-12-6-5-11(8-14(12)18-15)13-7-4-10(3)17-13/h4-9H,1-3H3. The number of thiophene rings is 1. The summed E-state index contributed by atoms with van der Waals surface area (Å²) in [6.45, 7) is 6.54. The van der Waals surface area contributed by atoms with E-state index in [9.17, 15) is 0 Å². The smallest absolute Gasteiger partial charge is 0.0963 e. The number of fused-ring (bicyclic) bond motifs is 1. The third kappa shape index (κ3) is 2.08. The van der Waals surface area contributed by atoms with Crippen molar-refractivity contribution in [2.24, 2.45) is 0 Å². The number of benzene rings is 1. The molecule has 2 aromatic heterocycles. The minimum absolute atomic E-state index is 0.509. The van der Waals surface area contributed by atoms with E-state index in [4.69, 9.17) is 0 Å². The van der Waals surface area contributed by atoms with Crippen LogP contribution in [-0.2, 0) is 0 Å². The van der Waals surface area contributed by atoms with Crippen LogP contribution in [0.5, 0.6) is 0 Å². The van der Waals surface area contributed by atoms with E-state index in [1.807, 2.05) is 22.7 Å². The van der Waals surface area contributed by atoms with Crippen LogP contribution in [0.25, 0.3) is 20.7 Å². The van der Waals surface area contributed by atoms with Crippen LogP contribution in [0, 0.1) is 6.92 Å². The quantitative estimate of drug-likeness (QED) is 0.604. The molecule has 0 aliphatic rings. The maximum atomic E-state index is 4.67. The fourth-order valence-electron chi connectivity index (χ4n) is 1.93. The summed E-state index contributed by atoms with van der Waals surface area (Å²) in [5, 5.41) is 1.23. The first-order chi connectivity index (χ1) is 8.63. The van der Waals surface area contributed by atoms with Crippen LogP contribution in [0.1, 0.15) is 29.7 Å². The van der Waals surface area contributed by atoms with Crippen molar-refractivity contribution in [1.82, 2.24) is 4.98 Å². The summed E-state index contributed by atoms with van der Waals surface area (Å²) in [4.78, 5) is 7.37. The summed E-state index contributed by atoms with van der Waals surface area (Å²) < 4.78 is 1.29. The molecule has 0 bridgehead atoms. The number of thiazole rings is 1. The van der Waals surface area contributed by atoms with E-state index in [-0.39, 0.29) is 0 Å². The molecule has 18 heavy (non-hydrogen) atoms. The molecule has 0 spiro atoms. The average Bonchev–Trinajstić information content (AvgIpc) is 2.93. The van der Waals surface area contributed by atoms with Gasteiger partial charge in [0.15, 0.2) is 0 Å². The molecule has 2 heterocycles. The monoisotopic (exact) mass is 273 g/mol. The largest absolute Gasteiger partial charge is 0.241 e. The second kappa shape index (κ2) is 4.48. The van der Waals surface area contributed by atoms with E-state index >= 15 is 0 Å². The highest BCUT2D eigenvalue weighted by molar-refractivity contribution is 7.18. The Morgan fingerprint density at radius 2 is 1.89 bits per heavy atom. The molecule has 0 aliphatic carbocycles. The van der Waals surface area contributed by atoms with Gasteiger partial charge in [0.05, 0.1) is 15.2 Å². The summed E-state index contributed by atoms with van der Waals surface area (Å²) in [6, 6.07) is 11.0. The molecule has 0 saturated carbocycles. The summed E-state index contributed by atoms with van der Waals surface area (Å²) in [6.07, 6.45) is 0. The maximum absolute atomic E-state index is 4.67. The van der Waals surface area contributed by atoms with Crippen LogP contribution in [0.3, 0.4) is 0 Å². The van der Waals surface area contributed by atoms with E-state index in [1.165, 1.54) is 25.0 Å². The van der Waals surface area contributed by atoms with Crippen molar-refractivity contribution < 1.29 is 0 Å². The lowest BCUT2D eigenvalue weighted by atomic mass is 10.2. The van der Waals surface area contributed by atoms with Crippen LogP contribution in [0.4, 0.5) is 0 Å². The van der Waals surface area contributed by atoms with Gasteiger partial charge in [-0.15, -0.1) is 22.7 Å². The molecule has 0 fully saturated rings. The normalized spacial score (nSPS) is 11.6. The second-order valence-corrected chi connectivity index (χ2v) is 7.15. The first-order valence-electron chi connectivity index (χ1n) is 6.11. The van der Waals surface area contributed by atoms with Crippen LogP contribution in [0.2, 0.25) is 0 Å². The second-order valence-electron chi connectivity index (χ2n) is 4.80. The van der Waals surface area contributed by atoms with Gasteiger partial charge >= 0.3 is 0 Å². The number of rotatable bonds is 2. The Kier molecular flexibility index (Phi) is 2.96. The topological polar surface area (TPSA) is 12.9 Å². The highest BCUT2D eigenvalue weighted by atomic mass is 32.1. The first-order valence-corrected chi connectivity index (χ1v) is 7.74. The van der Waals surface area contributed by atoms with Crippen molar-refractivity contribution in [2.45, 2.75) is 26.7 Å². The molecule has 0 aliphatic heterocycles. The Balaban J connectivity index is 2.10. The van der Waals surface area contributed by atoms with Crippen LogP contribution < -0.4 is 0 Å². The van der Waals surface area contributed by atoms with Gasteiger partial charge in [0.25, 0.3) is 0 Å². The Bertz CT molecular complexity index is 691. The van der Waals surface area contributed by atoms with Gasteiger partial charge in [-0.3, -0.25) is 0 Å². The maximum Gasteiger partial charge on any atom is 0.0963 e. The third-order valence-electron chi connectivity index (χ3n) is 2.92. The van der Waals surface area contributed by atoms with Gasteiger partial charge in [0.1, 0.15) is 0 Å². The number of hydrogen-bond acceptors (Lipinski definition) is 3. The molecule has 0 N–H and O–H groups in total. The predicted molar refractivity (Wildman–Crippen MR) is 81.8 cm³/mol. The van der Waals surface area contributed by atoms with Crippen LogP contribution in [0.15, 0.2) is 30.3 Å². The van der Waals surface area contributed by atoms with Crippen molar-refractivity contribution in [2.75, 3.05) is 0 Å². The van der Waals surface area contributed by atoms with E-state index in [2.05, 4.69) is 56.1 Å². The SMILES string of the molecule is Cc1ccc(-c2ccc3nc(C(C)C)sc3c2)s1. The lowest BCUT2D eigenvalue weighted by molar-refractivity contribution is 0.857. The molecule has 3 aromatic rings. The minimum atomic E-state index is 0.509. The molecule has 0 amide bonds. The molecule has 1 nitrogen and oxygen atoms in total. The zero-order chi connectivity index (χ0) is 12.7. The number of aromatic nitrogens is 1. The van der Waals surface area contributed by atoms with Gasteiger partial charge in [-0.1, -0.05) is 19.9 Å². The van der Waals surface area contributed by atoms with Crippen molar-refractivity contribution in [1.29, 1.82) is 0 Å². The summed E-state index contributed by atoms with van der Waals surface area (Å²) >= 11 is 3.66. The zero-order valence-corrected chi connectivity index (χ0v) is 12.4.